The van der Waals surface area contributed by atoms with Gasteiger partial charge in [-0.2, -0.15) is 14.0 Å². The number of carbonyl (C=O) groups is 1. The minimum atomic E-state index is -2.60. The second-order valence-electron chi connectivity index (χ2n) is 5.91. The highest BCUT2D eigenvalue weighted by Crippen LogP contribution is 2.15. The van der Waals surface area contributed by atoms with Crippen molar-refractivity contribution in [3.63, 3.8) is 0 Å². The fraction of sp³-hybridized carbons (Fsp3) is 0.353. The van der Waals surface area contributed by atoms with Crippen LogP contribution in [0.15, 0.2) is 36.7 Å². The number of nitrogens with one attached hydrogen (secondary N) is 1. The van der Waals surface area contributed by atoms with Gasteiger partial charge in [0.05, 0.1) is 18.2 Å². The number of imidazole rings is 1. The second-order valence-corrected chi connectivity index (χ2v) is 5.91. The fourth-order valence-corrected chi connectivity index (χ4v) is 2.78. The van der Waals surface area contributed by atoms with E-state index in [1.807, 2.05) is 11.0 Å². The van der Waals surface area contributed by atoms with Gasteiger partial charge in [0.2, 0.25) is 0 Å². The molecule has 0 saturated carbocycles. The smallest absolute Gasteiger partial charge is 0.321 e. The Hall–Kier alpha value is -2.99. The van der Waals surface area contributed by atoms with Crippen LogP contribution in [-0.2, 0) is 6.54 Å². The molecule has 1 fully saturated rings. The summed E-state index contributed by atoms with van der Waals surface area (Å²) >= 11 is 0. The lowest BCUT2D eigenvalue weighted by molar-refractivity contribution is 0.0620. The van der Waals surface area contributed by atoms with E-state index in [9.17, 15) is 13.6 Å². The molecule has 1 aromatic heterocycles. The number of rotatable bonds is 4. The number of carbonyl (C=O) groups excluding carboxylic acids is 1. The monoisotopic (exact) mass is 360 g/mol. The number of aromatic nitrogens is 2. The van der Waals surface area contributed by atoms with Gasteiger partial charge in [0, 0.05) is 44.3 Å². The summed E-state index contributed by atoms with van der Waals surface area (Å²) < 4.78 is 26.6. The van der Waals surface area contributed by atoms with Crippen molar-refractivity contribution < 1.29 is 13.6 Å². The molecule has 1 N–H and O–H groups in total. The van der Waals surface area contributed by atoms with Crippen LogP contribution in [0.2, 0.25) is 0 Å². The summed E-state index contributed by atoms with van der Waals surface area (Å²) in [5.74, 6) is 0.315. The predicted molar refractivity (Wildman–Crippen MR) is 90.5 cm³/mol. The number of nitrogens with zero attached hydrogens (tertiary/aromatic N) is 5. The van der Waals surface area contributed by atoms with E-state index in [1.54, 1.807) is 29.2 Å². The SMILES string of the molecule is N#Cc1ccc(NC(=O)N2CCN(Cc3nccn3C(F)F)CC2)cc1. The van der Waals surface area contributed by atoms with Crippen LogP contribution in [0.5, 0.6) is 0 Å². The van der Waals surface area contributed by atoms with E-state index in [0.29, 0.717) is 49.8 Å². The van der Waals surface area contributed by atoms with Crippen molar-refractivity contribution in [1.82, 2.24) is 19.4 Å². The summed E-state index contributed by atoms with van der Waals surface area (Å²) in [5, 5.41) is 11.6. The Morgan fingerprint density at radius 1 is 1.23 bits per heavy atom. The molecule has 0 bridgehead atoms. The van der Waals surface area contributed by atoms with Gasteiger partial charge in [-0.3, -0.25) is 9.47 Å². The zero-order valence-corrected chi connectivity index (χ0v) is 14.0. The topological polar surface area (TPSA) is 77.2 Å². The normalized spacial score (nSPS) is 15.1. The molecule has 0 atom stereocenters. The minimum absolute atomic E-state index is 0.219. The van der Waals surface area contributed by atoms with Crippen molar-refractivity contribution >= 4 is 11.7 Å². The zero-order valence-electron chi connectivity index (χ0n) is 14.0. The van der Waals surface area contributed by atoms with Crippen molar-refractivity contribution in [2.75, 3.05) is 31.5 Å². The van der Waals surface area contributed by atoms with Crippen LogP contribution in [0, 0.1) is 11.3 Å². The first kappa shape index (κ1) is 17.8. The number of hydrogen-bond acceptors (Lipinski definition) is 4. The minimum Gasteiger partial charge on any atom is -0.322 e. The molecule has 9 heteroatoms. The van der Waals surface area contributed by atoms with Crippen LogP contribution in [-0.4, -0.2) is 51.6 Å². The summed E-state index contributed by atoms with van der Waals surface area (Å²) in [6.07, 6.45) is 2.63. The van der Waals surface area contributed by atoms with E-state index in [4.69, 9.17) is 5.26 Å². The van der Waals surface area contributed by atoms with E-state index in [2.05, 4.69) is 10.3 Å². The Bertz CT molecular complexity index is 790. The number of hydrogen-bond donors (Lipinski definition) is 1. The highest BCUT2D eigenvalue weighted by atomic mass is 19.3. The van der Waals surface area contributed by atoms with Crippen molar-refractivity contribution in [2.45, 2.75) is 13.1 Å². The lowest BCUT2D eigenvalue weighted by Crippen LogP contribution is -2.49. The Kier molecular flexibility index (Phi) is 5.43. The van der Waals surface area contributed by atoms with Gasteiger partial charge in [-0.15, -0.1) is 0 Å². The number of anilines is 1. The highest BCUT2D eigenvalue weighted by Gasteiger charge is 2.23. The van der Waals surface area contributed by atoms with Crippen molar-refractivity contribution in [1.29, 1.82) is 5.26 Å². The van der Waals surface area contributed by atoms with Crippen LogP contribution in [0.25, 0.3) is 0 Å². The predicted octanol–water partition coefficient (Wildman–Crippen LogP) is 2.50. The van der Waals surface area contributed by atoms with E-state index in [0.717, 1.165) is 4.57 Å². The van der Waals surface area contributed by atoms with Crippen molar-refractivity contribution in [3.8, 4) is 6.07 Å². The fourth-order valence-electron chi connectivity index (χ4n) is 2.78. The molecular weight excluding hydrogens is 342 g/mol. The van der Waals surface area contributed by atoms with E-state index in [1.165, 1.54) is 12.4 Å². The van der Waals surface area contributed by atoms with Gasteiger partial charge in [0.15, 0.2) is 0 Å². The van der Waals surface area contributed by atoms with Crippen LogP contribution in [0.4, 0.5) is 19.3 Å². The Morgan fingerprint density at radius 3 is 2.54 bits per heavy atom. The van der Waals surface area contributed by atoms with Crippen molar-refractivity contribution in [2.24, 2.45) is 0 Å². The van der Waals surface area contributed by atoms with Crippen LogP contribution >= 0.6 is 0 Å². The molecule has 26 heavy (non-hydrogen) atoms. The van der Waals surface area contributed by atoms with Crippen LogP contribution in [0.3, 0.4) is 0 Å². The quantitative estimate of drug-likeness (QED) is 0.909. The molecule has 7 nitrogen and oxygen atoms in total. The first-order chi connectivity index (χ1) is 12.6. The van der Waals surface area contributed by atoms with Gasteiger partial charge in [-0.25, -0.2) is 9.78 Å². The van der Waals surface area contributed by atoms with Crippen LogP contribution < -0.4 is 5.32 Å². The van der Waals surface area contributed by atoms with E-state index in [-0.39, 0.29) is 6.03 Å². The van der Waals surface area contributed by atoms with Crippen molar-refractivity contribution in [3.05, 3.63) is 48.0 Å². The third-order valence-corrected chi connectivity index (χ3v) is 4.25. The van der Waals surface area contributed by atoms with Gasteiger partial charge in [0.1, 0.15) is 5.82 Å². The number of amides is 2. The van der Waals surface area contributed by atoms with Gasteiger partial charge in [-0.05, 0) is 24.3 Å². The number of benzene rings is 1. The molecule has 3 rings (SSSR count). The first-order valence-electron chi connectivity index (χ1n) is 8.15. The highest BCUT2D eigenvalue weighted by molar-refractivity contribution is 5.89. The maximum Gasteiger partial charge on any atom is 0.321 e. The molecule has 0 aliphatic carbocycles. The molecule has 1 aliphatic rings. The first-order valence-corrected chi connectivity index (χ1v) is 8.15. The molecule has 2 heterocycles. The Morgan fingerprint density at radius 2 is 1.92 bits per heavy atom. The molecule has 1 aliphatic heterocycles. The lowest BCUT2D eigenvalue weighted by Gasteiger charge is -2.34. The molecule has 136 valence electrons. The van der Waals surface area contributed by atoms with E-state index >= 15 is 0 Å². The molecule has 1 aromatic carbocycles. The average molecular weight is 360 g/mol. The molecule has 0 unspecified atom stereocenters. The molecule has 1 saturated heterocycles. The summed E-state index contributed by atoms with van der Waals surface area (Å²) in [4.78, 5) is 20.0. The van der Waals surface area contributed by atoms with Gasteiger partial charge in [0.25, 0.3) is 0 Å². The molecule has 2 aromatic rings. The Balaban J connectivity index is 1.50. The number of nitriles is 1. The average Bonchev–Trinajstić information content (AvgIpc) is 3.11. The number of urea groups is 1. The van der Waals surface area contributed by atoms with Gasteiger partial charge >= 0.3 is 12.6 Å². The maximum atomic E-state index is 12.9. The summed E-state index contributed by atoms with van der Waals surface area (Å²) in [6.45, 7) is -0.127. The van der Waals surface area contributed by atoms with E-state index < -0.39 is 6.55 Å². The number of halogens is 2. The molecule has 0 radical (unpaired) electrons. The zero-order chi connectivity index (χ0) is 18.5. The van der Waals surface area contributed by atoms with Crippen LogP contribution in [0.1, 0.15) is 17.9 Å². The maximum absolute atomic E-state index is 12.9. The third-order valence-electron chi connectivity index (χ3n) is 4.25. The molecular formula is C17H18F2N6O. The molecule has 0 spiro atoms. The summed E-state index contributed by atoms with van der Waals surface area (Å²) in [6, 6.07) is 8.43. The number of piperazine rings is 1. The largest absolute Gasteiger partial charge is 0.322 e. The second kappa shape index (κ2) is 7.93. The molecule has 2 amide bonds. The number of alkyl halides is 2. The lowest BCUT2D eigenvalue weighted by atomic mass is 10.2. The van der Waals surface area contributed by atoms with Gasteiger partial charge in [-0.1, -0.05) is 0 Å². The standard InChI is InChI=1S/C17H18F2N6O/c18-16(19)25-6-5-21-15(25)12-23-7-9-24(10-8-23)17(26)22-14-3-1-13(11-20)2-4-14/h1-6,16H,7-10,12H2,(H,22,26). The summed E-state index contributed by atoms with van der Waals surface area (Å²) in [5.41, 5.74) is 1.15. The Labute approximate surface area is 149 Å². The van der Waals surface area contributed by atoms with Gasteiger partial charge < -0.3 is 10.2 Å². The summed E-state index contributed by atoms with van der Waals surface area (Å²) in [7, 11) is 0. The third kappa shape index (κ3) is 4.15.